The number of nitrogens with zero attached hydrogens (tertiary/aromatic N) is 1. The molecule has 86 valence electrons. The number of nitrogens with one attached hydrogen (secondary N) is 1. The van der Waals surface area contributed by atoms with Gasteiger partial charge in [-0.3, -0.25) is 0 Å². The van der Waals surface area contributed by atoms with Gasteiger partial charge in [-0.15, -0.1) is 0 Å². The minimum Gasteiger partial charge on any atom is -0.350 e. The van der Waals surface area contributed by atoms with E-state index in [2.05, 4.69) is 10.5 Å². The Labute approximate surface area is 91.3 Å². The maximum absolute atomic E-state index is 10.4. The van der Waals surface area contributed by atoms with Crippen molar-refractivity contribution < 1.29 is 4.79 Å². The third-order valence-corrected chi connectivity index (χ3v) is 3.00. The summed E-state index contributed by atoms with van der Waals surface area (Å²) in [4.78, 5) is 10.4. The summed E-state index contributed by atoms with van der Waals surface area (Å²) >= 11 is 0. The Bertz CT molecular complexity index is 232. The predicted octanol–water partition coefficient (Wildman–Crippen LogP) is 2.39. The molecule has 4 heteroatoms. The van der Waals surface area contributed by atoms with Crippen molar-refractivity contribution >= 4 is 11.7 Å². The van der Waals surface area contributed by atoms with E-state index in [1.807, 2.05) is 6.92 Å². The maximum atomic E-state index is 10.4. The molecule has 1 saturated carbocycles. The zero-order chi connectivity index (χ0) is 11.1. The van der Waals surface area contributed by atoms with Crippen LogP contribution in [-0.2, 0) is 0 Å². The number of rotatable bonds is 4. The van der Waals surface area contributed by atoms with Crippen molar-refractivity contribution in [3.8, 4) is 0 Å². The molecule has 0 aromatic heterocycles. The Balaban J connectivity index is 2.17. The highest BCUT2D eigenvalue weighted by molar-refractivity contribution is 5.83. The van der Waals surface area contributed by atoms with Gasteiger partial charge >= 0.3 is 6.03 Å². The van der Waals surface area contributed by atoms with Crippen LogP contribution in [0.5, 0.6) is 0 Å². The molecule has 3 N–H and O–H groups in total. The van der Waals surface area contributed by atoms with Gasteiger partial charge in [0, 0.05) is 5.71 Å². The maximum Gasteiger partial charge on any atom is 0.332 e. The first-order valence-electron chi connectivity index (χ1n) is 5.77. The first kappa shape index (κ1) is 12.0. The summed E-state index contributed by atoms with van der Waals surface area (Å²) in [5.74, 6) is 0.859. The molecular formula is C11H21N3O. The summed E-state index contributed by atoms with van der Waals surface area (Å²) in [5.41, 5.74) is 8.14. The lowest BCUT2D eigenvalue weighted by Crippen LogP contribution is -2.25. The van der Waals surface area contributed by atoms with Crippen LogP contribution in [0.3, 0.4) is 0 Å². The van der Waals surface area contributed by atoms with Crippen LogP contribution in [0.4, 0.5) is 4.79 Å². The molecule has 1 aliphatic rings. The van der Waals surface area contributed by atoms with E-state index < -0.39 is 6.03 Å². The molecule has 0 aromatic rings. The van der Waals surface area contributed by atoms with Crippen LogP contribution in [0.2, 0.25) is 0 Å². The van der Waals surface area contributed by atoms with Gasteiger partial charge in [0.05, 0.1) is 0 Å². The number of primary amides is 1. The fourth-order valence-electron chi connectivity index (χ4n) is 2.10. The summed E-state index contributed by atoms with van der Waals surface area (Å²) in [6, 6.07) is -0.591. The zero-order valence-corrected chi connectivity index (χ0v) is 9.46. The summed E-state index contributed by atoms with van der Waals surface area (Å²) in [6.45, 7) is 1.93. The largest absolute Gasteiger partial charge is 0.350 e. The average Bonchev–Trinajstić information content (AvgIpc) is 2.25. The van der Waals surface area contributed by atoms with Crippen LogP contribution >= 0.6 is 0 Å². The van der Waals surface area contributed by atoms with Gasteiger partial charge < -0.3 is 5.73 Å². The summed E-state index contributed by atoms with van der Waals surface area (Å²) in [7, 11) is 0. The summed E-state index contributed by atoms with van der Waals surface area (Å²) in [5, 5.41) is 3.90. The fraction of sp³-hybridized carbons (Fsp3) is 0.818. The molecule has 0 aliphatic heterocycles. The molecule has 0 spiro atoms. The van der Waals surface area contributed by atoms with Gasteiger partial charge in [-0.25, -0.2) is 10.2 Å². The second-order valence-corrected chi connectivity index (χ2v) is 4.37. The Kier molecular flexibility index (Phi) is 5.15. The molecule has 0 atom stereocenters. The molecule has 4 nitrogen and oxygen atoms in total. The van der Waals surface area contributed by atoms with Gasteiger partial charge in [0.15, 0.2) is 0 Å². The van der Waals surface area contributed by atoms with Crippen molar-refractivity contribution in [2.75, 3.05) is 0 Å². The summed E-state index contributed by atoms with van der Waals surface area (Å²) < 4.78 is 0. The van der Waals surface area contributed by atoms with Crippen molar-refractivity contribution in [3.63, 3.8) is 0 Å². The van der Waals surface area contributed by atoms with Crippen molar-refractivity contribution in [1.82, 2.24) is 5.43 Å². The predicted molar refractivity (Wildman–Crippen MR) is 61.6 cm³/mol. The lowest BCUT2D eigenvalue weighted by molar-refractivity contribution is 0.249. The minimum absolute atomic E-state index is 0.591. The molecule has 0 heterocycles. The Morgan fingerprint density at radius 2 is 2.07 bits per heavy atom. The normalized spacial score (nSPS) is 18.9. The SMILES string of the molecule is C/C(CCC1CCCCC1)=N\NC(N)=O. The first-order chi connectivity index (χ1) is 7.18. The number of nitrogens with two attached hydrogens (primary N) is 1. The molecule has 15 heavy (non-hydrogen) atoms. The molecule has 0 bridgehead atoms. The van der Waals surface area contributed by atoms with Crippen LogP contribution in [0.25, 0.3) is 0 Å². The Morgan fingerprint density at radius 1 is 1.40 bits per heavy atom. The molecular weight excluding hydrogens is 190 g/mol. The van der Waals surface area contributed by atoms with Crippen molar-refractivity contribution in [3.05, 3.63) is 0 Å². The van der Waals surface area contributed by atoms with Gasteiger partial charge in [-0.05, 0) is 25.7 Å². The van der Waals surface area contributed by atoms with E-state index in [-0.39, 0.29) is 0 Å². The number of hydrazone groups is 1. The van der Waals surface area contributed by atoms with Crippen molar-refractivity contribution in [1.29, 1.82) is 0 Å². The minimum atomic E-state index is -0.591. The van der Waals surface area contributed by atoms with Gasteiger partial charge in [0.2, 0.25) is 0 Å². The highest BCUT2D eigenvalue weighted by Crippen LogP contribution is 2.27. The number of carbonyl (C=O) groups excluding carboxylic acids is 1. The quantitative estimate of drug-likeness (QED) is 0.544. The van der Waals surface area contributed by atoms with Crippen LogP contribution in [0, 0.1) is 5.92 Å². The van der Waals surface area contributed by atoms with Gasteiger partial charge in [-0.2, -0.15) is 5.10 Å². The highest BCUT2D eigenvalue weighted by atomic mass is 16.2. The van der Waals surface area contributed by atoms with Crippen molar-refractivity contribution in [2.24, 2.45) is 16.8 Å². The lowest BCUT2D eigenvalue weighted by atomic mass is 9.86. The molecule has 0 radical (unpaired) electrons. The molecule has 0 unspecified atom stereocenters. The topological polar surface area (TPSA) is 67.5 Å². The highest BCUT2D eigenvalue weighted by Gasteiger charge is 2.13. The average molecular weight is 211 g/mol. The Hall–Kier alpha value is -1.06. The zero-order valence-electron chi connectivity index (χ0n) is 9.46. The lowest BCUT2D eigenvalue weighted by Gasteiger charge is -2.21. The van der Waals surface area contributed by atoms with E-state index in [9.17, 15) is 4.79 Å². The second-order valence-electron chi connectivity index (χ2n) is 4.37. The number of carbonyl (C=O) groups is 1. The van der Waals surface area contributed by atoms with E-state index in [1.54, 1.807) is 0 Å². The Morgan fingerprint density at radius 3 is 2.67 bits per heavy atom. The fourth-order valence-corrected chi connectivity index (χ4v) is 2.10. The summed E-state index contributed by atoms with van der Waals surface area (Å²) in [6.07, 6.45) is 9.02. The van der Waals surface area contributed by atoms with E-state index in [0.717, 1.165) is 18.1 Å². The van der Waals surface area contributed by atoms with Gasteiger partial charge in [-0.1, -0.05) is 32.1 Å². The van der Waals surface area contributed by atoms with E-state index in [0.29, 0.717) is 0 Å². The molecule has 0 saturated heterocycles. The third kappa shape index (κ3) is 5.40. The van der Waals surface area contributed by atoms with E-state index in [4.69, 9.17) is 5.73 Å². The van der Waals surface area contributed by atoms with E-state index >= 15 is 0 Å². The second kappa shape index (κ2) is 6.43. The van der Waals surface area contributed by atoms with E-state index in [1.165, 1.54) is 38.5 Å². The van der Waals surface area contributed by atoms with Crippen LogP contribution in [0.1, 0.15) is 51.9 Å². The number of hydrogen-bond acceptors (Lipinski definition) is 2. The van der Waals surface area contributed by atoms with Crippen LogP contribution in [-0.4, -0.2) is 11.7 Å². The molecule has 2 amide bonds. The first-order valence-corrected chi connectivity index (χ1v) is 5.77. The third-order valence-electron chi connectivity index (χ3n) is 3.00. The smallest absolute Gasteiger partial charge is 0.332 e. The molecule has 1 rings (SSSR count). The van der Waals surface area contributed by atoms with Gasteiger partial charge in [0.1, 0.15) is 0 Å². The number of hydrogen-bond donors (Lipinski definition) is 2. The molecule has 1 aliphatic carbocycles. The van der Waals surface area contributed by atoms with Crippen molar-refractivity contribution in [2.45, 2.75) is 51.9 Å². The van der Waals surface area contributed by atoms with Crippen LogP contribution < -0.4 is 11.2 Å². The number of amides is 2. The molecule has 0 aromatic carbocycles. The monoisotopic (exact) mass is 211 g/mol. The number of urea groups is 1. The van der Waals surface area contributed by atoms with Gasteiger partial charge in [0.25, 0.3) is 0 Å². The standard InChI is InChI=1S/C11H21N3O/c1-9(13-14-11(12)15)7-8-10-5-3-2-4-6-10/h10H,2-8H2,1H3,(H3,12,14,15)/b13-9+. The molecule has 1 fully saturated rings. The van der Waals surface area contributed by atoms with Crippen LogP contribution in [0.15, 0.2) is 5.10 Å².